The molecule has 0 heterocycles. The lowest BCUT2D eigenvalue weighted by Gasteiger charge is -2.17. The van der Waals surface area contributed by atoms with Crippen LogP contribution < -0.4 is 9.47 Å². The van der Waals surface area contributed by atoms with E-state index < -0.39 is 0 Å². The molecule has 0 amide bonds. The molecular formula is C30H28O4. The van der Waals surface area contributed by atoms with Gasteiger partial charge in [-0.2, -0.15) is 0 Å². The third-order valence-corrected chi connectivity index (χ3v) is 5.38. The average molecular weight is 453 g/mol. The van der Waals surface area contributed by atoms with Gasteiger partial charge in [0, 0.05) is 5.56 Å². The van der Waals surface area contributed by atoms with E-state index in [0.29, 0.717) is 38.2 Å². The van der Waals surface area contributed by atoms with Gasteiger partial charge in [0.25, 0.3) is 0 Å². The van der Waals surface area contributed by atoms with Gasteiger partial charge < -0.3 is 14.2 Å². The van der Waals surface area contributed by atoms with Crippen LogP contribution in [-0.2, 0) is 24.4 Å². The molecule has 0 saturated heterocycles. The Bertz CT molecular complexity index is 1100. The van der Waals surface area contributed by atoms with Crippen LogP contribution in [0.15, 0.2) is 109 Å². The first kappa shape index (κ1) is 23.1. The summed E-state index contributed by atoms with van der Waals surface area (Å²) >= 11 is 0. The van der Waals surface area contributed by atoms with Crippen molar-refractivity contribution in [1.29, 1.82) is 0 Å². The van der Waals surface area contributed by atoms with Crippen molar-refractivity contribution < 1.29 is 19.0 Å². The Morgan fingerprint density at radius 1 is 0.588 bits per heavy atom. The fourth-order valence-electron chi connectivity index (χ4n) is 3.60. The minimum atomic E-state index is -0.310. The first-order chi connectivity index (χ1) is 16.8. The Labute approximate surface area is 200 Å². The quantitative estimate of drug-likeness (QED) is 0.189. The van der Waals surface area contributed by atoms with E-state index in [1.54, 1.807) is 12.1 Å². The van der Waals surface area contributed by atoms with Crippen LogP contribution in [0.2, 0.25) is 0 Å². The lowest BCUT2D eigenvalue weighted by atomic mass is 10.1. The Kier molecular flexibility index (Phi) is 8.34. The molecular weight excluding hydrogens is 424 g/mol. The number of esters is 1. The summed E-state index contributed by atoms with van der Waals surface area (Å²) in [6.45, 7) is 1.26. The SMILES string of the molecule is O=C(OCCCc1c(OCc2ccccc2)cccc1OCc1ccccc1)c1ccccc1. The maximum Gasteiger partial charge on any atom is 0.338 e. The van der Waals surface area contributed by atoms with Crippen LogP contribution in [0.1, 0.15) is 33.5 Å². The Hall–Kier alpha value is -4.05. The van der Waals surface area contributed by atoms with E-state index in [1.165, 1.54) is 0 Å². The molecule has 4 nitrogen and oxygen atoms in total. The molecule has 0 unspecified atom stereocenters. The molecule has 34 heavy (non-hydrogen) atoms. The summed E-state index contributed by atoms with van der Waals surface area (Å²) in [6, 6.07) is 35.0. The van der Waals surface area contributed by atoms with Crippen LogP contribution in [-0.4, -0.2) is 12.6 Å². The van der Waals surface area contributed by atoms with Gasteiger partial charge >= 0.3 is 5.97 Å². The van der Waals surface area contributed by atoms with E-state index in [1.807, 2.05) is 97.1 Å². The molecule has 4 aromatic carbocycles. The van der Waals surface area contributed by atoms with Crippen molar-refractivity contribution >= 4 is 5.97 Å². The van der Waals surface area contributed by atoms with Crippen molar-refractivity contribution in [2.24, 2.45) is 0 Å². The van der Waals surface area contributed by atoms with Crippen LogP contribution in [0.3, 0.4) is 0 Å². The summed E-state index contributed by atoms with van der Waals surface area (Å²) in [6.07, 6.45) is 1.32. The van der Waals surface area contributed by atoms with Crippen molar-refractivity contribution in [2.75, 3.05) is 6.61 Å². The molecule has 0 aromatic heterocycles. The van der Waals surface area contributed by atoms with Gasteiger partial charge in [-0.15, -0.1) is 0 Å². The monoisotopic (exact) mass is 452 g/mol. The molecule has 0 aliphatic heterocycles. The highest BCUT2D eigenvalue weighted by Gasteiger charge is 2.13. The number of carbonyl (C=O) groups is 1. The van der Waals surface area contributed by atoms with Crippen molar-refractivity contribution in [3.63, 3.8) is 0 Å². The van der Waals surface area contributed by atoms with Gasteiger partial charge in [-0.25, -0.2) is 4.79 Å². The molecule has 0 N–H and O–H groups in total. The fourth-order valence-corrected chi connectivity index (χ4v) is 3.60. The van der Waals surface area contributed by atoms with E-state index >= 15 is 0 Å². The molecule has 4 heteroatoms. The standard InChI is InChI=1S/C30H28O4/c31-30(26-16-8-3-9-17-26)32-21-11-18-27-28(33-22-24-12-4-1-5-13-24)19-10-20-29(27)34-23-25-14-6-2-7-15-25/h1-10,12-17,19-20H,11,18,21-23H2. The number of hydrogen-bond acceptors (Lipinski definition) is 4. The van der Waals surface area contributed by atoms with E-state index in [-0.39, 0.29) is 5.97 Å². The second kappa shape index (κ2) is 12.3. The lowest BCUT2D eigenvalue weighted by Crippen LogP contribution is -2.08. The first-order valence-corrected chi connectivity index (χ1v) is 11.5. The molecule has 0 spiro atoms. The lowest BCUT2D eigenvalue weighted by molar-refractivity contribution is 0.0500. The van der Waals surface area contributed by atoms with Gasteiger partial charge in [0.15, 0.2) is 0 Å². The highest BCUT2D eigenvalue weighted by Crippen LogP contribution is 2.31. The van der Waals surface area contributed by atoms with Crippen LogP contribution in [0.4, 0.5) is 0 Å². The Balaban J connectivity index is 1.43. The van der Waals surface area contributed by atoms with Crippen molar-refractivity contribution in [1.82, 2.24) is 0 Å². The van der Waals surface area contributed by atoms with Crippen LogP contribution in [0.25, 0.3) is 0 Å². The maximum atomic E-state index is 12.2. The second-order valence-electron chi connectivity index (χ2n) is 7.89. The smallest absolute Gasteiger partial charge is 0.338 e. The predicted molar refractivity (Wildman–Crippen MR) is 133 cm³/mol. The summed E-state index contributed by atoms with van der Waals surface area (Å²) in [5, 5.41) is 0. The number of rotatable bonds is 11. The predicted octanol–water partition coefficient (Wildman–Crippen LogP) is 6.63. The molecule has 0 bridgehead atoms. The molecule has 0 atom stereocenters. The molecule has 0 fully saturated rings. The summed E-state index contributed by atoms with van der Waals surface area (Å²) in [4.78, 5) is 12.2. The maximum absolute atomic E-state index is 12.2. The number of ether oxygens (including phenoxy) is 3. The summed E-state index contributed by atoms with van der Waals surface area (Å²) in [5.74, 6) is 1.25. The van der Waals surface area contributed by atoms with Gasteiger partial charge in [0.1, 0.15) is 24.7 Å². The van der Waals surface area contributed by atoms with Crippen molar-refractivity contribution in [2.45, 2.75) is 26.1 Å². The minimum Gasteiger partial charge on any atom is -0.488 e. The summed E-state index contributed by atoms with van der Waals surface area (Å²) < 4.78 is 17.8. The second-order valence-corrected chi connectivity index (χ2v) is 7.89. The number of benzene rings is 4. The molecule has 0 aliphatic rings. The molecule has 4 rings (SSSR count). The van der Waals surface area contributed by atoms with E-state index in [0.717, 1.165) is 28.2 Å². The zero-order chi connectivity index (χ0) is 23.4. The topological polar surface area (TPSA) is 44.8 Å². The molecule has 4 aromatic rings. The zero-order valence-corrected chi connectivity index (χ0v) is 19.1. The minimum absolute atomic E-state index is 0.310. The highest BCUT2D eigenvalue weighted by molar-refractivity contribution is 5.89. The van der Waals surface area contributed by atoms with E-state index in [2.05, 4.69) is 0 Å². The van der Waals surface area contributed by atoms with Gasteiger partial charge in [0.2, 0.25) is 0 Å². The Morgan fingerprint density at radius 3 is 1.62 bits per heavy atom. The average Bonchev–Trinajstić information content (AvgIpc) is 2.91. The largest absolute Gasteiger partial charge is 0.488 e. The van der Waals surface area contributed by atoms with Crippen LogP contribution in [0.5, 0.6) is 11.5 Å². The Morgan fingerprint density at radius 2 is 1.09 bits per heavy atom. The fraction of sp³-hybridized carbons (Fsp3) is 0.167. The normalized spacial score (nSPS) is 10.5. The summed E-state index contributed by atoms with van der Waals surface area (Å²) in [5.41, 5.74) is 3.73. The third kappa shape index (κ3) is 6.72. The molecule has 0 radical (unpaired) electrons. The van der Waals surface area contributed by atoms with Crippen molar-refractivity contribution in [3.05, 3.63) is 131 Å². The van der Waals surface area contributed by atoms with Gasteiger partial charge in [0.05, 0.1) is 12.2 Å². The van der Waals surface area contributed by atoms with E-state index in [9.17, 15) is 4.79 Å². The third-order valence-electron chi connectivity index (χ3n) is 5.38. The summed E-state index contributed by atoms with van der Waals surface area (Å²) in [7, 11) is 0. The molecule has 0 aliphatic carbocycles. The van der Waals surface area contributed by atoms with Crippen molar-refractivity contribution in [3.8, 4) is 11.5 Å². The van der Waals surface area contributed by atoms with Crippen LogP contribution in [0, 0.1) is 0 Å². The molecule has 0 saturated carbocycles. The highest BCUT2D eigenvalue weighted by atomic mass is 16.5. The molecule has 172 valence electrons. The van der Waals surface area contributed by atoms with Gasteiger partial charge in [-0.1, -0.05) is 84.9 Å². The number of hydrogen-bond donors (Lipinski definition) is 0. The van der Waals surface area contributed by atoms with Gasteiger partial charge in [-0.05, 0) is 48.2 Å². The first-order valence-electron chi connectivity index (χ1n) is 11.5. The zero-order valence-electron chi connectivity index (χ0n) is 19.1. The van der Waals surface area contributed by atoms with Crippen LogP contribution >= 0.6 is 0 Å². The van der Waals surface area contributed by atoms with Gasteiger partial charge in [-0.3, -0.25) is 0 Å². The number of carbonyl (C=O) groups excluding carboxylic acids is 1. The van der Waals surface area contributed by atoms with E-state index in [4.69, 9.17) is 14.2 Å².